The first-order valence-electron chi connectivity index (χ1n) is 10.1. The number of ether oxygens (including phenoxy) is 2. The van der Waals surface area contributed by atoms with Crippen LogP contribution in [0.25, 0.3) is 6.08 Å². The summed E-state index contributed by atoms with van der Waals surface area (Å²) < 4.78 is 12.5. The summed E-state index contributed by atoms with van der Waals surface area (Å²) in [6, 6.07) is 22.2. The lowest BCUT2D eigenvalue weighted by atomic mass is 10.2. The van der Waals surface area contributed by atoms with Crippen molar-refractivity contribution in [3.8, 4) is 11.5 Å². The molecule has 1 heterocycles. The second-order valence-corrected chi connectivity index (χ2v) is 9.47. The second-order valence-electron chi connectivity index (χ2n) is 7.12. The highest BCUT2D eigenvalue weighted by atomic mass is 79.9. The first-order chi connectivity index (χ1) is 16.0. The van der Waals surface area contributed by atoms with E-state index < -0.39 is 0 Å². The number of thioether (sulfide) groups is 1. The van der Waals surface area contributed by atoms with Crippen LogP contribution in [0.15, 0.2) is 82.2 Å². The number of carbonyl (C=O) groups excluding carboxylic acids is 2. The zero-order valence-electron chi connectivity index (χ0n) is 17.4. The first kappa shape index (κ1) is 23.4. The average molecular weight is 545 g/mol. The Labute approximate surface area is 209 Å². The van der Waals surface area contributed by atoms with Gasteiger partial charge in [-0.2, -0.15) is 0 Å². The molecule has 4 rings (SSSR count). The van der Waals surface area contributed by atoms with Gasteiger partial charge >= 0.3 is 0 Å². The molecule has 5 nitrogen and oxygen atoms in total. The zero-order chi connectivity index (χ0) is 23.2. The van der Waals surface area contributed by atoms with E-state index in [0.29, 0.717) is 28.0 Å². The maximum Gasteiger partial charge on any atom is 0.293 e. The molecule has 2 amide bonds. The molecule has 33 heavy (non-hydrogen) atoms. The van der Waals surface area contributed by atoms with Crippen LogP contribution in [0, 0.1) is 0 Å². The topological polar surface area (TPSA) is 55.8 Å². The van der Waals surface area contributed by atoms with Gasteiger partial charge in [-0.05, 0) is 77.5 Å². The summed E-state index contributed by atoms with van der Waals surface area (Å²) in [6.45, 7) is 0.800. The maximum absolute atomic E-state index is 12.7. The monoisotopic (exact) mass is 543 g/mol. The van der Waals surface area contributed by atoms with Crippen molar-refractivity contribution in [3.05, 3.63) is 98.3 Å². The van der Waals surface area contributed by atoms with E-state index in [9.17, 15) is 9.59 Å². The van der Waals surface area contributed by atoms with Crippen molar-refractivity contribution in [2.45, 2.75) is 6.61 Å². The van der Waals surface area contributed by atoms with Crippen LogP contribution in [-0.4, -0.2) is 29.2 Å². The SMILES string of the molecule is O=C1S/C(=C\c2cccc(OCc3ccc(Br)cc3)c2)C(=O)N1CCOc1ccc(Cl)cc1. The molecule has 3 aromatic rings. The number of carbonyl (C=O) groups is 2. The third-order valence-electron chi connectivity index (χ3n) is 4.75. The Balaban J connectivity index is 1.35. The van der Waals surface area contributed by atoms with Gasteiger partial charge in [0.25, 0.3) is 11.1 Å². The largest absolute Gasteiger partial charge is 0.492 e. The Morgan fingerprint density at radius 2 is 1.70 bits per heavy atom. The highest BCUT2D eigenvalue weighted by molar-refractivity contribution is 9.10. The molecule has 1 saturated heterocycles. The predicted molar refractivity (Wildman–Crippen MR) is 135 cm³/mol. The Bertz CT molecular complexity index is 1180. The highest BCUT2D eigenvalue weighted by Gasteiger charge is 2.34. The summed E-state index contributed by atoms with van der Waals surface area (Å²) >= 11 is 10.2. The first-order valence-corrected chi connectivity index (χ1v) is 12.1. The van der Waals surface area contributed by atoms with Gasteiger partial charge in [-0.3, -0.25) is 14.5 Å². The lowest BCUT2D eigenvalue weighted by Gasteiger charge is -2.13. The number of nitrogens with zero attached hydrogens (tertiary/aromatic N) is 1. The summed E-state index contributed by atoms with van der Waals surface area (Å²) in [7, 11) is 0. The number of hydrogen-bond acceptors (Lipinski definition) is 5. The molecule has 1 aliphatic rings. The number of benzene rings is 3. The fourth-order valence-corrected chi connectivity index (χ4v) is 4.33. The summed E-state index contributed by atoms with van der Waals surface area (Å²) in [5, 5.41) is 0.301. The van der Waals surface area contributed by atoms with Gasteiger partial charge in [0, 0.05) is 9.50 Å². The molecular weight excluding hydrogens is 526 g/mol. The molecule has 168 valence electrons. The van der Waals surface area contributed by atoms with Gasteiger partial charge in [0.2, 0.25) is 0 Å². The van der Waals surface area contributed by atoms with Gasteiger partial charge in [0.15, 0.2) is 0 Å². The normalized spacial score (nSPS) is 14.7. The predicted octanol–water partition coefficient (Wildman–Crippen LogP) is 6.80. The van der Waals surface area contributed by atoms with Gasteiger partial charge in [0.1, 0.15) is 24.7 Å². The third kappa shape index (κ3) is 6.41. The smallest absolute Gasteiger partial charge is 0.293 e. The van der Waals surface area contributed by atoms with Crippen LogP contribution < -0.4 is 9.47 Å². The minimum Gasteiger partial charge on any atom is -0.492 e. The second kappa shape index (κ2) is 10.9. The van der Waals surface area contributed by atoms with E-state index in [4.69, 9.17) is 21.1 Å². The van der Waals surface area contributed by atoms with Crippen molar-refractivity contribution in [1.29, 1.82) is 0 Å². The molecule has 0 aliphatic carbocycles. The molecule has 3 aromatic carbocycles. The molecule has 0 radical (unpaired) electrons. The number of halogens is 2. The van der Waals surface area contributed by atoms with Gasteiger partial charge in [-0.1, -0.05) is 51.8 Å². The molecule has 0 unspecified atom stereocenters. The van der Waals surface area contributed by atoms with Crippen molar-refractivity contribution in [3.63, 3.8) is 0 Å². The maximum atomic E-state index is 12.7. The minimum atomic E-state index is -0.328. The van der Waals surface area contributed by atoms with Crippen LogP contribution in [0.5, 0.6) is 11.5 Å². The van der Waals surface area contributed by atoms with Gasteiger partial charge in [-0.25, -0.2) is 0 Å². The van der Waals surface area contributed by atoms with E-state index in [0.717, 1.165) is 27.4 Å². The highest BCUT2D eigenvalue weighted by Crippen LogP contribution is 2.32. The minimum absolute atomic E-state index is 0.168. The van der Waals surface area contributed by atoms with Crippen molar-refractivity contribution in [2.75, 3.05) is 13.2 Å². The van der Waals surface area contributed by atoms with Crippen molar-refractivity contribution in [1.82, 2.24) is 4.90 Å². The lowest BCUT2D eigenvalue weighted by molar-refractivity contribution is -0.123. The molecule has 0 saturated carbocycles. The molecule has 0 N–H and O–H groups in total. The van der Waals surface area contributed by atoms with Crippen LogP contribution >= 0.6 is 39.3 Å². The number of imide groups is 1. The van der Waals surface area contributed by atoms with E-state index in [-0.39, 0.29) is 24.3 Å². The van der Waals surface area contributed by atoms with Crippen LogP contribution in [0.1, 0.15) is 11.1 Å². The Kier molecular flexibility index (Phi) is 7.75. The Morgan fingerprint density at radius 1 is 0.939 bits per heavy atom. The molecule has 1 aliphatic heterocycles. The van der Waals surface area contributed by atoms with Crippen molar-refractivity contribution < 1.29 is 19.1 Å². The van der Waals surface area contributed by atoms with E-state index in [1.54, 1.807) is 30.3 Å². The molecule has 8 heteroatoms. The van der Waals surface area contributed by atoms with Crippen LogP contribution in [-0.2, 0) is 11.4 Å². The zero-order valence-corrected chi connectivity index (χ0v) is 20.5. The Hall–Kier alpha value is -2.74. The standard InChI is InChI=1S/C25H19BrClNO4S/c26-19-6-4-17(5-7-19)16-32-22-3-1-2-18(14-22)15-23-24(29)28(25(30)33-23)12-13-31-21-10-8-20(27)9-11-21/h1-11,14-15H,12-13,16H2/b23-15-. The van der Waals surface area contributed by atoms with Crippen LogP contribution in [0.3, 0.4) is 0 Å². The fraction of sp³-hybridized carbons (Fsp3) is 0.120. The van der Waals surface area contributed by atoms with Crippen molar-refractivity contribution in [2.24, 2.45) is 0 Å². The number of hydrogen-bond donors (Lipinski definition) is 0. The van der Waals surface area contributed by atoms with E-state index in [1.165, 1.54) is 4.90 Å². The lowest BCUT2D eigenvalue weighted by Crippen LogP contribution is -2.32. The third-order valence-corrected chi connectivity index (χ3v) is 6.43. The van der Waals surface area contributed by atoms with Crippen LogP contribution in [0.4, 0.5) is 4.79 Å². The summed E-state index contributed by atoms with van der Waals surface area (Å²) in [4.78, 5) is 26.7. The number of rotatable bonds is 8. The molecular formula is C25H19BrClNO4S. The fourth-order valence-electron chi connectivity index (χ4n) is 3.07. The average Bonchev–Trinajstić information content (AvgIpc) is 3.07. The van der Waals surface area contributed by atoms with Crippen molar-refractivity contribution >= 4 is 56.5 Å². The Morgan fingerprint density at radius 3 is 2.45 bits per heavy atom. The number of amides is 2. The van der Waals surface area contributed by atoms with E-state index in [1.807, 2.05) is 48.5 Å². The van der Waals surface area contributed by atoms with Crippen LogP contribution in [0.2, 0.25) is 5.02 Å². The molecule has 0 spiro atoms. The van der Waals surface area contributed by atoms with Gasteiger partial charge in [-0.15, -0.1) is 0 Å². The van der Waals surface area contributed by atoms with E-state index >= 15 is 0 Å². The quantitative estimate of drug-likeness (QED) is 0.292. The molecule has 1 fully saturated rings. The van der Waals surface area contributed by atoms with E-state index in [2.05, 4.69) is 15.9 Å². The molecule has 0 atom stereocenters. The summed E-state index contributed by atoms with van der Waals surface area (Å²) in [5.41, 5.74) is 1.83. The summed E-state index contributed by atoms with van der Waals surface area (Å²) in [6.07, 6.45) is 1.71. The molecule has 0 aromatic heterocycles. The van der Waals surface area contributed by atoms with Gasteiger partial charge in [0.05, 0.1) is 11.4 Å². The molecule has 0 bridgehead atoms. The van der Waals surface area contributed by atoms with Gasteiger partial charge < -0.3 is 9.47 Å². The summed E-state index contributed by atoms with van der Waals surface area (Å²) in [5.74, 6) is 0.981.